The quantitative estimate of drug-likeness (QED) is 0.301. The van der Waals surface area contributed by atoms with E-state index in [9.17, 15) is 69.6 Å². The molecule has 1 aliphatic rings. The van der Waals surface area contributed by atoms with Crippen LogP contribution in [0, 0.1) is 0 Å². The van der Waals surface area contributed by atoms with Crippen LogP contribution >= 0.6 is 0 Å². The van der Waals surface area contributed by atoms with Crippen molar-refractivity contribution in [3.05, 3.63) is 29.3 Å². The third kappa shape index (κ3) is 7.18. The van der Waals surface area contributed by atoms with E-state index in [1.54, 1.807) is 0 Å². The molecular weight excluding hydrogens is 567 g/mol. The van der Waals surface area contributed by atoms with Gasteiger partial charge in [-0.1, -0.05) is 0 Å². The zero-order chi connectivity index (χ0) is 27.0. The smallest absolute Gasteiger partial charge is 0.376 e. The molecule has 0 radical (unpaired) electrons. The molecule has 0 spiro atoms. The largest absolute Gasteiger partial charge is 0.534 e. The number of carbonyl (C=O) groups excluding carboxylic acids is 1. The highest BCUT2D eigenvalue weighted by molar-refractivity contribution is 8.00. The van der Waals surface area contributed by atoms with Crippen LogP contribution in [-0.4, -0.2) is 47.6 Å². The molecule has 0 atom stereocenters. The molecule has 0 aliphatic heterocycles. The molecule has 196 valence electrons. The zero-order valence-corrected chi connectivity index (χ0v) is 18.1. The first-order valence-electron chi connectivity index (χ1n) is 7.92. The van der Waals surface area contributed by atoms with Crippen LogP contribution in [0.15, 0.2) is 18.2 Å². The van der Waals surface area contributed by atoms with Crippen LogP contribution in [-0.2, 0) is 40.4 Å². The van der Waals surface area contributed by atoms with E-state index in [2.05, 4.69) is 4.18 Å². The summed E-state index contributed by atoms with van der Waals surface area (Å²) in [6, 6.07) is 3.50. The molecule has 0 unspecified atom stereocenters. The normalized spacial score (nSPS) is 15.7. The molecule has 0 bridgehead atoms. The summed E-state index contributed by atoms with van der Waals surface area (Å²) in [7, 11) is -19.4. The average Bonchev–Trinajstić information content (AvgIpc) is 2.58. The van der Waals surface area contributed by atoms with Gasteiger partial charge in [0.1, 0.15) is 5.75 Å². The molecule has 0 heterocycles. The lowest BCUT2D eigenvalue weighted by atomic mass is 9.91. The maximum atomic E-state index is 12.2. The van der Waals surface area contributed by atoms with Crippen molar-refractivity contribution in [2.75, 3.05) is 0 Å². The molecule has 0 saturated carbocycles. The number of benzene rings is 1. The lowest BCUT2D eigenvalue weighted by Crippen LogP contribution is -2.34. The Bertz CT molecular complexity index is 1200. The molecule has 1 aromatic rings. The van der Waals surface area contributed by atoms with Crippen molar-refractivity contribution in [2.24, 2.45) is 0 Å². The third-order valence-electron chi connectivity index (χ3n) is 3.46. The number of carbonyl (C=O) groups is 1. The number of aryl methyl sites for hydroxylation is 1. The maximum absolute atomic E-state index is 12.2. The first-order valence-corrected chi connectivity index (χ1v) is 12.1. The lowest BCUT2D eigenvalue weighted by Gasteiger charge is -2.16. The van der Waals surface area contributed by atoms with Gasteiger partial charge < -0.3 is 4.18 Å². The van der Waals surface area contributed by atoms with Gasteiger partial charge in [-0.3, -0.25) is 4.79 Å². The Morgan fingerprint density at radius 1 is 0.676 bits per heavy atom. The molecule has 0 amide bonds. The van der Waals surface area contributed by atoms with E-state index in [4.69, 9.17) is 0 Å². The van der Waals surface area contributed by atoms with Gasteiger partial charge in [0.2, 0.25) is 0 Å². The summed E-state index contributed by atoms with van der Waals surface area (Å²) >= 11 is 0. The number of rotatable bonds is 4. The van der Waals surface area contributed by atoms with Gasteiger partial charge in [-0.15, -0.1) is 3.63 Å². The van der Waals surface area contributed by atoms with Crippen molar-refractivity contribution in [2.45, 2.75) is 35.8 Å². The zero-order valence-electron chi connectivity index (χ0n) is 15.7. The Morgan fingerprint density at radius 2 is 1.12 bits per heavy atom. The number of hydrogen-bond acceptors (Lipinski definition) is 9. The average molecular weight is 576 g/mol. The summed E-state index contributed by atoms with van der Waals surface area (Å²) in [4.78, 5) is 11.5. The highest BCUT2D eigenvalue weighted by atomic mass is 32.3. The van der Waals surface area contributed by atoms with Crippen molar-refractivity contribution in [3.8, 4) is 5.75 Å². The Kier molecular flexibility index (Phi) is 8.35. The summed E-state index contributed by atoms with van der Waals surface area (Å²) in [5, 5.41) is 0. The fraction of sp³-hybridized carbons (Fsp3) is 0.462. The van der Waals surface area contributed by atoms with Crippen molar-refractivity contribution in [3.63, 3.8) is 0 Å². The molecule has 0 fully saturated rings. The van der Waals surface area contributed by atoms with Crippen LogP contribution < -0.4 is 4.18 Å². The Labute approximate surface area is 184 Å². The summed E-state index contributed by atoms with van der Waals surface area (Å²) in [5.41, 5.74) is -17.1. The van der Waals surface area contributed by atoms with Gasteiger partial charge in [0.15, 0.2) is 5.78 Å². The van der Waals surface area contributed by atoms with E-state index in [-0.39, 0.29) is 5.78 Å². The first kappa shape index (κ1) is 29.9. The Morgan fingerprint density at radius 3 is 1.53 bits per heavy atom. The van der Waals surface area contributed by atoms with Crippen LogP contribution in [0.5, 0.6) is 5.75 Å². The molecule has 0 aromatic heterocycles. The lowest BCUT2D eigenvalue weighted by molar-refractivity contribution is -0.0586. The predicted octanol–water partition coefficient (Wildman–Crippen LogP) is 3.14. The number of alkyl halides is 9. The molecule has 21 heteroatoms. The van der Waals surface area contributed by atoms with Gasteiger partial charge in [-0.05, 0) is 36.6 Å². The van der Waals surface area contributed by atoms with Gasteiger partial charge in [0.05, 0.1) is 0 Å². The first-order chi connectivity index (χ1) is 14.9. The molecule has 2 rings (SSSR count). The molecular formula is C13H9F9O9S3. The van der Waals surface area contributed by atoms with Crippen molar-refractivity contribution in [1.82, 2.24) is 0 Å². The van der Waals surface area contributed by atoms with Crippen LogP contribution in [0.3, 0.4) is 0 Å². The fourth-order valence-electron chi connectivity index (χ4n) is 2.04. The van der Waals surface area contributed by atoms with Crippen molar-refractivity contribution >= 4 is 36.1 Å². The van der Waals surface area contributed by atoms with Gasteiger partial charge in [-0.2, -0.15) is 64.8 Å². The Balaban J connectivity index is 0.000000352. The highest BCUT2D eigenvalue weighted by Crippen LogP contribution is 2.32. The van der Waals surface area contributed by atoms with Gasteiger partial charge >= 0.3 is 46.9 Å². The summed E-state index contributed by atoms with van der Waals surface area (Å²) in [6.07, 6.45) is 1.47. The van der Waals surface area contributed by atoms with Gasteiger partial charge in [-0.25, -0.2) is 0 Å². The topological polar surface area (TPSA) is 138 Å². The number of hydrogen-bond donors (Lipinski definition) is 0. The molecule has 0 saturated heterocycles. The number of Topliss-reactive ketones (excluding diaryl/α,β-unsaturated/α-hetero) is 1. The fourth-order valence-corrected chi connectivity index (χ4v) is 4.06. The number of fused-ring (bicyclic) bond motifs is 1. The minimum atomic E-state index is -6.85. The second kappa shape index (κ2) is 9.49. The minimum absolute atomic E-state index is 0.105. The standard InChI is InChI=1S/C11H9F3O4S.C2F6O5S2/c12-11(13,14)19(16,17)18-8-4-5-9-7(6-8)2-1-3-10(9)15;3-1(4,5)14(9,10)13-15(11,12)2(6,7)8/h4-6H,1-3H2;. The number of ketones is 1. The van der Waals surface area contributed by atoms with E-state index < -0.39 is 52.6 Å². The SMILES string of the molecule is O=C1CCCc2cc(OS(=O)(=O)C(F)(F)F)ccc21.O=S(=O)(OS(=O)(=O)C(F)(F)F)C(F)(F)F. The van der Waals surface area contributed by atoms with E-state index in [0.29, 0.717) is 30.4 Å². The van der Waals surface area contributed by atoms with E-state index >= 15 is 0 Å². The molecule has 9 nitrogen and oxygen atoms in total. The monoisotopic (exact) mass is 576 g/mol. The van der Waals surface area contributed by atoms with Crippen LogP contribution in [0.25, 0.3) is 0 Å². The van der Waals surface area contributed by atoms with Crippen molar-refractivity contribution in [1.29, 1.82) is 0 Å². The van der Waals surface area contributed by atoms with E-state index in [1.165, 1.54) is 6.07 Å². The van der Waals surface area contributed by atoms with E-state index in [1.807, 2.05) is 3.63 Å². The van der Waals surface area contributed by atoms with Crippen LogP contribution in [0.1, 0.15) is 28.8 Å². The predicted molar refractivity (Wildman–Crippen MR) is 90.3 cm³/mol. The van der Waals surface area contributed by atoms with Crippen molar-refractivity contribution < 1.29 is 77.4 Å². The Hall–Kier alpha value is -2.13. The molecule has 1 aliphatic carbocycles. The summed E-state index contributed by atoms with van der Waals surface area (Å²) in [5.74, 6) is -0.544. The highest BCUT2D eigenvalue weighted by Gasteiger charge is 2.57. The summed E-state index contributed by atoms with van der Waals surface area (Å²) in [6.45, 7) is 0. The van der Waals surface area contributed by atoms with Gasteiger partial charge in [0, 0.05) is 12.0 Å². The second-order valence-corrected chi connectivity index (χ2v) is 10.8. The molecule has 0 N–H and O–H groups in total. The van der Waals surface area contributed by atoms with Gasteiger partial charge in [0.25, 0.3) is 0 Å². The van der Waals surface area contributed by atoms with Crippen LogP contribution in [0.2, 0.25) is 0 Å². The third-order valence-corrected chi connectivity index (χ3v) is 7.01. The molecule has 34 heavy (non-hydrogen) atoms. The number of halogens is 9. The minimum Gasteiger partial charge on any atom is -0.376 e. The van der Waals surface area contributed by atoms with Crippen LogP contribution in [0.4, 0.5) is 39.5 Å². The van der Waals surface area contributed by atoms with E-state index in [0.717, 1.165) is 12.1 Å². The maximum Gasteiger partial charge on any atom is 0.534 e. The second-order valence-electron chi connectivity index (χ2n) is 5.95. The summed E-state index contributed by atoms with van der Waals surface area (Å²) < 4.78 is 172. The molecule has 1 aromatic carbocycles.